The van der Waals surface area contributed by atoms with Gasteiger partial charge in [-0.1, -0.05) is 13.8 Å². The summed E-state index contributed by atoms with van der Waals surface area (Å²) >= 11 is 0. The van der Waals surface area contributed by atoms with Crippen molar-refractivity contribution in [1.29, 1.82) is 0 Å². The van der Waals surface area contributed by atoms with Crippen molar-refractivity contribution in [2.24, 2.45) is 11.1 Å². The van der Waals surface area contributed by atoms with Crippen LogP contribution in [0.15, 0.2) is 0 Å². The van der Waals surface area contributed by atoms with Crippen molar-refractivity contribution in [2.45, 2.75) is 40.2 Å². The minimum Gasteiger partial charge on any atom is -0.379 e. The maximum atomic E-state index is 5.62. The fraction of sp³-hybridized carbons (Fsp3) is 1.00. The molecule has 0 fully saturated rings. The topological polar surface area (TPSA) is 44.5 Å². The van der Waals surface area contributed by atoms with Gasteiger partial charge in [0.2, 0.25) is 0 Å². The Morgan fingerprint density at radius 2 is 2.00 bits per heavy atom. The van der Waals surface area contributed by atoms with Crippen LogP contribution < -0.4 is 5.73 Å². The number of rotatable bonds is 8. The van der Waals surface area contributed by atoms with E-state index >= 15 is 0 Å². The molecule has 1 unspecified atom stereocenters. The molecule has 0 spiro atoms. The van der Waals surface area contributed by atoms with Crippen molar-refractivity contribution in [3.63, 3.8) is 0 Å². The van der Waals surface area contributed by atoms with Crippen LogP contribution in [0, 0.1) is 5.41 Å². The second kappa shape index (κ2) is 7.21. The van der Waals surface area contributed by atoms with Crippen LogP contribution in [-0.4, -0.2) is 32.5 Å². The Bertz CT molecular complexity index is 137. The van der Waals surface area contributed by atoms with Gasteiger partial charge in [0.25, 0.3) is 0 Å². The Morgan fingerprint density at radius 3 is 2.50 bits per heavy atom. The van der Waals surface area contributed by atoms with E-state index in [1.54, 1.807) is 0 Å². The highest BCUT2D eigenvalue weighted by Gasteiger charge is 2.15. The van der Waals surface area contributed by atoms with E-state index in [9.17, 15) is 0 Å². The molecule has 14 heavy (non-hydrogen) atoms. The van der Waals surface area contributed by atoms with Gasteiger partial charge in [-0.3, -0.25) is 0 Å². The largest absolute Gasteiger partial charge is 0.379 e. The highest BCUT2D eigenvalue weighted by Crippen LogP contribution is 2.17. The average Bonchev–Trinajstić information content (AvgIpc) is 2.14. The number of nitrogens with two attached hydrogens (primary N) is 1. The molecular weight excluding hydrogens is 178 g/mol. The first-order chi connectivity index (χ1) is 6.52. The van der Waals surface area contributed by atoms with Gasteiger partial charge in [0.1, 0.15) is 0 Å². The molecule has 0 amide bonds. The third-order valence-electron chi connectivity index (χ3n) is 2.29. The summed E-state index contributed by atoms with van der Waals surface area (Å²) in [4.78, 5) is 0. The third kappa shape index (κ3) is 7.30. The van der Waals surface area contributed by atoms with Gasteiger partial charge in [0.05, 0.1) is 12.7 Å². The van der Waals surface area contributed by atoms with Gasteiger partial charge in [-0.2, -0.15) is 0 Å². The minimum absolute atomic E-state index is 0.184. The lowest BCUT2D eigenvalue weighted by Crippen LogP contribution is -2.26. The van der Waals surface area contributed by atoms with Crippen molar-refractivity contribution in [3.8, 4) is 0 Å². The molecule has 3 heteroatoms. The van der Waals surface area contributed by atoms with Gasteiger partial charge in [-0.25, -0.2) is 0 Å². The Morgan fingerprint density at radius 1 is 1.36 bits per heavy atom. The molecule has 0 rings (SSSR count). The van der Waals surface area contributed by atoms with E-state index in [-0.39, 0.29) is 11.5 Å². The Balaban J connectivity index is 3.43. The van der Waals surface area contributed by atoms with E-state index in [0.717, 1.165) is 19.6 Å². The van der Waals surface area contributed by atoms with Gasteiger partial charge < -0.3 is 15.2 Å². The van der Waals surface area contributed by atoms with Crippen molar-refractivity contribution >= 4 is 0 Å². The number of hydrogen-bond donors (Lipinski definition) is 1. The molecule has 0 aliphatic rings. The van der Waals surface area contributed by atoms with Crippen LogP contribution >= 0.6 is 0 Å². The van der Waals surface area contributed by atoms with Gasteiger partial charge >= 0.3 is 0 Å². The molecule has 0 radical (unpaired) electrons. The summed E-state index contributed by atoms with van der Waals surface area (Å²) in [5, 5.41) is 0. The second-order valence-electron chi connectivity index (χ2n) is 4.46. The summed E-state index contributed by atoms with van der Waals surface area (Å²) in [6.07, 6.45) is 1.18. The third-order valence-corrected chi connectivity index (χ3v) is 2.29. The van der Waals surface area contributed by atoms with Gasteiger partial charge in [-0.05, 0) is 32.2 Å². The van der Waals surface area contributed by atoms with Crippen LogP contribution in [0.25, 0.3) is 0 Å². The van der Waals surface area contributed by atoms with Gasteiger partial charge in [0, 0.05) is 13.2 Å². The lowest BCUT2D eigenvalue weighted by Gasteiger charge is -2.23. The lowest BCUT2D eigenvalue weighted by atomic mass is 9.90. The molecule has 0 aromatic rings. The fourth-order valence-electron chi connectivity index (χ4n) is 0.970. The summed E-state index contributed by atoms with van der Waals surface area (Å²) in [6, 6.07) is 0. The zero-order valence-corrected chi connectivity index (χ0v) is 10.0. The Hall–Kier alpha value is -0.120. The van der Waals surface area contributed by atoms with E-state index in [4.69, 9.17) is 15.2 Å². The van der Waals surface area contributed by atoms with Gasteiger partial charge in [-0.15, -0.1) is 0 Å². The minimum atomic E-state index is 0.184. The zero-order chi connectivity index (χ0) is 11.0. The molecule has 0 heterocycles. The summed E-state index contributed by atoms with van der Waals surface area (Å²) in [5.74, 6) is 0. The van der Waals surface area contributed by atoms with Gasteiger partial charge in [0.15, 0.2) is 0 Å². The monoisotopic (exact) mass is 203 g/mol. The molecule has 0 aliphatic heterocycles. The predicted octanol–water partition coefficient (Wildman–Crippen LogP) is 1.80. The molecule has 0 bridgehead atoms. The molecule has 1 atom stereocenters. The fourth-order valence-corrected chi connectivity index (χ4v) is 0.970. The quantitative estimate of drug-likeness (QED) is 0.654. The first-order valence-electron chi connectivity index (χ1n) is 5.41. The zero-order valence-electron chi connectivity index (χ0n) is 10.0. The normalized spacial score (nSPS) is 14.4. The summed E-state index contributed by atoms with van der Waals surface area (Å²) in [7, 11) is 0. The van der Waals surface area contributed by atoms with Crippen molar-refractivity contribution in [2.75, 3.05) is 26.4 Å². The maximum absolute atomic E-state index is 5.62. The van der Waals surface area contributed by atoms with Crippen LogP contribution in [0.2, 0.25) is 0 Å². The van der Waals surface area contributed by atoms with Crippen LogP contribution in [0.1, 0.15) is 34.1 Å². The molecule has 0 aromatic carbocycles. The molecule has 3 nitrogen and oxygen atoms in total. The van der Waals surface area contributed by atoms with E-state index in [2.05, 4.69) is 13.8 Å². The van der Waals surface area contributed by atoms with E-state index < -0.39 is 0 Å². The van der Waals surface area contributed by atoms with E-state index in [0.29, 0.717) is 13.2 Å². The number of ether oxygens (including phenoxy) is 2. The molecule has 86 valence electrons. The summed E-state index contributed by atoms with van der Waals surface area (Å²) < 4.78 is 10.9. The number of hydrogen-bond acceptors (Lipinski definition) is 3. The van der Waals surface area contributed by atoms with Crippen molar-refractivity contribution in [1.82, 2.24) is 0 Å². The van der Waals surface area contributed by atoms with Crippen LogP contribution in [0.3, 0.4) is 0 Å². The van der Waals surface area contributed by atoms with Crippen LogP contribution in [0.5, 0.6) is 0 Å². The highest BCUT2D eigenvalue weighted by atomic mass is 16.5. The molecular formula is C11H25NO2. The van der Waals surface area contributed by atoms with E-state index in [1.165, 1.54) is 0 Å². The standard InChI is InChI=1S/C11H25NO2/c1-5-13-8-10(2)14-7-6-11(3,4)9-12/h10H,5-9,12H2,1-4H3. The first-order valence-corrected chi connectivity index (χ1v) is 5.41. The Kier molecular flexibility index (Phi) is 7.15. The highest BCUT2D eigenvalue weighted by molar-refractivity contribution is 4.68. The smallest absolute Gasteiger partial charge is 0.0780 e. The molecule has 0 saturated heterocycles. The molecule has 0 aromatic heterocycles. The molecule has 0 saturated carbocycles. The summed E-state index contributed by atoms with van der Waals surface area (Å²) in [5.41, 5.74) is 5.81. The summed E-state index contributed by atoms with van der Waals surface area (Å²) in [6.45, 7) is 11.2. The first kappa shape index (κ1) is 13.9. The van der Waals surface area contributed by atoms with Crippen LogP contribution in [0.4, 0.5) is 0 Å². The predicted molar refractivity (Wildman–Crippen MR) is 59.4 cm³/mol. The van der Waals surface area contributed by atoms with E-state index in [1.807, 2.05) is 13.8 Å². The average molecular weight is 203 g/mol. The lowest BCUT2D eigenvalue weighted by molar-refractivity contribution is -0.0117. The molecule has 0 aliphatic carbocycles. The second-order valence-corrected chi connectivity index (χ2v) is 4.46. The Labute approximate surface area is 88.0 Å². The SMILES string of the molecule is CCOCC(C)OCCC(C)(C)CN. The molecule has 2 N–H and O–H groups in total. The van der Waals surface area contributed by atoms with Crippen molar-refractivity contribution in [3.05, 3.63) is 0 Å². The maximum Gasteiger partial charge on any atom is 0.0780 e. The van der Waals surface area contributed by atoms with Crippen molar-refractivity contribution < 1.29 is 9.47 Å². The van der Waals surface area contributed by atoms with Crippen LogP contribution in [-0.2, 0) is 9.47 Å².